The molecular weight excluding hydrogens is 282 g/mol. The van der Waals surface area contributed by atoms with Gasteiger partial charge in [0, 0.05) is 5.56 Å². The van der Waals surface area contributed by atoms with Gasteiger partial charge in [-0.15, -0.1) is 0 Å². The van der Waals surface area contributed by atoms with Gasteiger partial charge in [0.05, 0.1) is 0 Å². The van der Waals surface area contributed by atoms with Crippen molar-refractivity contribution >= 4 is 5.84 Å². The molecule has 1 atom stereocenters. The van der Waals surface area contributed by atoms with E-state index in [9.17, 15) is 0 Å². The topological polar surface area (TPSA) is 64.4 Å². The molecule has 0 radical (unpaired) electrons. The van der Waals surface area contributed by atoms with Crippen molar-refractivity contribution in [2.45, 2.75) is 6.17 Å². The van der Waals surface area contributed by atoms with Crippen molar-refractivity contribution in [3.05, 3.63) is 96.1 Å². The molecule has 0 aliphatic heterocycles. The lowest BCUT2D eigenvalue weighted by atomic mass is 10.0. The van der Waals surface area contributed by atoms with E-state index in [1.165, 1.54) is 0 Å². The highest BCUT2D eigenvalue weighted by molar-refractivity contribution is 5.98. The number of hydrogen-bond acceptors (Lipinski definition) is 2. The molecular formula is C20H19N3. The van der Waals surface area contributed by atoms with Crippen LogP contribution in [0.4, 0.5) is 0 Å². The molecule has 0 aliphatic rings. The van der Waals surface area contributed by atoms with Crippen LogP contribution in [0, 0.1) is 0 Å². The standard InChI is InChI=1S/C20H19N3/c21-19(16-10-5-2-6-11-16)23-20(22)18-13-7-12-17(14-18)15-8-3-1-4-9-15/h1-14,19H,21H2,(H2,22,23). The Hall–Kier alpha value is -2.91. The summed E-state index contributed by atoms with van der Waals surface area (Å²) in [6, 6.07) is 27.9. The second kappa shape index (κ2) is 6.90. The van der Waals surface area contributed by atoms with Gasteiger partial charge in [0.15, 0.2) is 0 Å². The number of rotatable bonds is 4. The van der Waals surface area contributed by atoms with Crippen LogP contribution < -0.4 is 11.5 Å². The van der Waals surface area contributed by atoms with Crippen molar-refractivity contribution in [2.24, 2.45) is 16.5 Å². The Kier molecular flexibility index (Phi) is 4.50. The molecule has 0 saturated heterocycles. The minimum Gasteiger partial charge on any atom is -0.383 e. The minimum atomic E-state index is -0.461. The Bertz CT molecular complexity index is 795. The van der Waals surface area contributed by atoms with Crippen molar-refractivity contribution in [1.29, 1.82) is 0 Å². The van der Waals surface area contributed by atoms with Gasteiger partial charge in [0.1, 0.15) is 12.0 Å². The van der Waals surface area contributed by atoms with Crippen LogP contribution in [0.25, 0.3) is 11.1 Å². The third-order valence-electron chi connectivity index (χ3n) is 3.68. The second-order valence-electron chi connectivity index (χ2n) is 5.32. The number of hydrogen-bond donors (Lipinski definition) is 2. The highest BCUT2D eigenvalue weighted by Gasteiger charge is 2.06. The largest absolute Gasteiger partial charge is 0.383 e. The quantitative estimate of drug-likeness (QED) is 0.570. The van der Waals surface area contributed by atoms with Gasteiger partial charge in [0.25, 0.3) is 0 Å². The van der Waals surface area contributed by atoms with Crippen molar-refractivity contribution in [1.82, 2.24) is 0 Å². The molecule has 1 unspecified atom stereocenters. The van der Waals surface area contributed by atoms with Gasteiger partial charge < -0.3 is 11.5 Å². The Balaban J connectivity index is 1.88. The molecule has 0 amide bonds. The Labute approximate surface area is 136 Å². The minimum absolute atomic E-state index is 0.444. The fourth-order valence-corrected chi connectivity index (χ4v) is 2.44. The van der Waals surface area contributed by atoms with Gasteiger partial charge in [-0.2, -0.15) is 0 Å². The molecule has 3 aromatic rings. The monoisotopic (exact) mass is 301 g/mol. The van der Waals surface area contributed by atoms with E-state index in [4.69, 9.17) is 11.5 Å². The Morgan fingerprint density at radius 3 is 2.04 bits per heavy atom. The zero-order chi connectivity index (χ0) is 16.1. The number of aliphatic imine (C=N–C) groups is 1. The lowest BCUT2D eigenvalue weighted by Crippen LogP contribution is -2.18. The average molecular weight is 301 g/mol. The lowest BCUT2D eigenvalue weighted by Gasteiger charge is -2.10. The van der Waals surface area contributed by atoms with Crippen LogP contribution in [0.1, 0.15) is 17.3 Å². The first-order valence-electron chi connectivity index (χ1n) is 7.54. The molecule has 4 N–H and O–H groups in total. The van der Waals surface area contributed by atoms with Crippen LogP contribution in [0.2, 0.25) is 0 Å². The average Bonchev–Trinajstić information content (AvgIpc) is 2.63. The van der Waals surface area contributed by atoms with E-state index in [1.807, 2.05) is 66.7 Å². The lowest BCUT2D eigenvalue weighted by molar-refractivity contribution is 0.775. The van der Waals surface area contributed by atoms with Crippen molar-refractivity contribution < 1.29 is 0 Å². The maximum Gasteiger partial charge on any atom is 0.127 e. The first kappa shape index (κ1) is 15.0. The van der Waals surface area contributed by atoms with E-state index in [1.54, 1.807) is 0 Å². The SMILES string of the molecule is NC(=NC(N)c1ccccc1)c1cccc(-c2ccccc2)c1. The third kappa shape index (κ3) is 3.65. The summed E-state index contributed by atoms with van der Waals surface area (Å²) in [7, 11) is 0. The number of nitrogens with two attached hydrogens (primary N) is 2. The van der Waals surface area contributed by atoms with Crippen molar-refractivity contribution in [3.8, 4) is 11.1 Å². The van der Waals surface area contributed by atoms with Crippen LogP contribution in [-0.2, 0) is 0 Å². The first-order valence-corrected chi connectivity index (χ1v) is 7.54. The third-order valence-corrected chi connectivity index (χ3v) is 3.68. The maximum absolute atomic E-state index is 6.15. The summed E-state index contributed by atoms with van der Waals surface area (Å²) in [6.45, 7) is 0. The molecule has 3 aromatic carbocycles. The predicted octanol–water partition coefficient (Wildman–Crippen LogP) is 3.72. The molecule has 114 valence electrons. The smallest absolute Gasteiger partial charge is 0.127 e. The summed E-state index contributed by atoms with van der Waals surface area (Å²) in [5.41, 5.74) is 16.3. The van der Waals surface area contributed by atoms with Crippen LogP contribution in [0.3, 0.4) is 0 Å². The van der Waals surface area contributed by atoms with Gasteiger partial charge in [-0.3, -0.25) is 0 Å². The zero-order valence-corrected chi connectivity index (χ0v) is 12.8. The van der Waals surface area contributed by atoms with Crippen LogP contribution in [-0.4, -0.2) is 5.84 Å². The van der Waals surface area contributed by atoms with E-state index >= 15 is 0 Å². The molecule has 0 aliphatic carbocycles. The molecule has 3 heteroatoms. The van der Waals surface area contributed by atoms with E-state index in [0.29, 0.717) is 5.84 Å². The number of nitrogens with zero attached hydrogens (tertiary/aromatic N) is 1. The molecule has 23 heavy (non-hydrogen) atoms. The van der Waals surface area contributed by atoms with Crippen molar-refractivity contribution in [2.75, 3.05) is 0 Å². The van der Waals surface area contributed by atoms with Gasteiger partial charge in [-0.25, -0.2) is 4.99 Å². The van der Waals surface area contributed by atoms with Crippen LogP contribution >= 0.6 is 0 Å². The molecule has 0 aromatic heterocycles. The van der Waals surface area contributed by atoms with E-state index < -0.39 is 6.17 Å². The molecule has 0 fully saturated rings. The van der Waals surface area contributed by atoms with Crippen LogP contribution in [0.15, 0.2) is 89.9 Å². The first-order chi connectivity index (χ1) is 11.2. The summed E-state index contributed by atoms with van der Waals surface area (Å²) >= 11 is 0. The second-order valence-corrected chi connectivity index (χ2v) is 5.32. The Morgan fingerprint density at radius 2 is 1.35 bits per heavy atom. The predicted molar refractivity (Wildman–Crippen MR) is 96.0 cm³/mol. The summed E-state index contributed by atoms with van der Waals surface area (Å²) in [6.07, 6.45) is -0.461. The van der Waals surface area contributed by atoms with Gasteiger partial charge in [-0.05, 0) is 22.8 Å². The molecule has 0 spiro atoms. The summed E-state index contributed by atoms with van der Waals surface area (Å²) in [5.74, 6) is 0.444. The van der Waals surface area contributed by atoms with Gasteiger partial charge in [0.2, 0.25) is 0 Å². The van der Waals surface area contributed by atoms with Gasteiger partial charge in [-0.1, -0.05) is 78.9 Å². The van der Waals surface area contributed by atoms with Crippen molar-refractivity contribution in [3.63, 3.8) is 0 Å². The summed E-state index contributed by atoms with van der Waals surface area (Å²) < 4.78 is 0. The molecule has 3 rings (SSSR count). The molecule has 0 saturated carbocycles. The zero-order valence-electron chi connectivity index (χ0n) is 12.8. The normalized spacial score (nSPS) is 12.8. The van der Waals surface area contributed by atoms with Crippen LogP contribution in [0.5, 0.6) is 0 Å². The van der Waals surface area contributed by atoms with E-state index in [2.05, 4.69) is 23.2 Å². The summed E-state index contributed by atoms with van der Waals surface area (Å²) in [4.78, 5) is 4.42. The fourth-order valence-electron chi connectivity index (χ4n) is 2.44. The van der Waals surface area contributed by atoms with Gasteiger partial charge >= 0.3 is 0 Å². The highest BCUT2D eigenvalue weighted by Crippen LogP contribution is 2.20. The number of amidine groups is 1. The van der Waals surface area contributed by atoms with E-state index in [0.717, 1.165) is 22.3 Å². The molecule has 3 nitrogen and oxygen atoms in total. The fraction of sp³-hybridized carbons (Fsp3) is 0.0500. The Morgan fingerprint density at radius 1 is 0.739 bits per heavy atom. The highest BCUT2D eigenvalue weighted by atomic mass is 15.0. The summed E-state index contributed by atoms with van der Waals surface area (Å²) in [5, 5.41) is 0. The molecule has 0 bridgehead atoms. The van der Waals surface area contributed by atoms with E-state index in [-0.39, 0.29) is 0 Å². The molecule has 0 heterocycles. The number of benzene rings is 3. The maximum atomic E-state index is 6.15.